The maximum atomic E-state index is 11.4. The van der Waals surface area contributed by atoms with E-state index < -0.39 is 5.91 Å². The van der Waals surface area contributed by atoms with Crippen LogP contribution in [-0.2, 0) is 4.79 Å². The molecule has 0 heterocycles. The van der Waals surface area contributed by atoms with Crippen molar-refractivity contribution < 1.29 is 4.79 Å². The zero-order valence-corrected chi connectivity index (χ0v) is 11.2. The second kappa shape index (κ2) is 6.24. The van der Waals surface area contributed by atoms with Crippen LogP contribution in [0.1, 0.15) is 52.9 Å². The molecule has 1 rings (SSSR count). The Labute approximate surface area is 104 Å². The fourth-order valence-corrected chi connectivity index (χ4v) is 2.37. The maximum absolute atomic E-state index is 11.4. The highest BCUT2D eigenvalue weighted by Gasteiger charge is 2.31. The molecule has 1 N–H and O–H groups in total. The van der Waals surface area contributed by atoms with E-state index >= 15 is 0 Å². The molecule has 2 unspecified atom stereocenters. The van der Waals surface area contributed by atoms with Gasteiger partial charge in [0.05, 0.1) is 5.92 Å². The molecule has 0 aromatic heterocycles. The van der Waals surface area contributed by atoms with Gasteiger partial charge in [0.15, 0.2) is 0 Å². The first-order valence-electron chi connectivity index (χ1n) is 6.54. The lowest BCUT2D eigenvalue weighted by Gasteiger charge is -2.30. The molecule has 2 atom stereocenters. The van der Waals surface area contributed by atoms with Gasteiger partial charge in [-0.05, 0) is 31.2 Å². The molecule has 0 aromatic carbocycles. The van der Waals surface area contributed by atoms with Gasteiger partial charge in [-0.2, -0.15) is 0 Å². The van der Waals surface area contributed by atoms with Gasteiger partial charge in [0.2, 0.25) is 0 Å². The highest BCUT2D eigenvalue weighted by Crippen LogP contribution is 2.26. The monoisotopic (exact) mass is 240 g/mol. The molecule has 4 heteroatoms. The Bertz CT molecular complexity index is 271. The number of nitrogens with zero attached hydrogens (tertiary/aromatic N) is 1. The Morgan fingerprint density at radius 3 is 2.53 bits per heavy atom. The van der Waals surface area contributed by atoms with Gasteiger partial charge in [-0.15, -0.1) is 4.91 Å². The molecule has 1 aliphatic rings. The summed E-state index contributed by atoms with van der Waals surface area (Å²) < 4.78 is 0. The first kappa shape index (κ1) is 14.3. The van der Waals surface area contributed by atoms with Gasteiger partial charge in [-0.1, -0.05) is 33.6 Å². The molecular formula is C13H24N2O2. The van der Waals surface area contributed by atoms with E-state index in [2.05, 4.69) is 31.3 Å². The number of carbonyl (C=O) groups excluding carboxylic acids is 1. The summed E-state index contributed by atoms with van der Waals surface area (Å²) in [4.78, 5) is 21.8. The minimum atomic E-state index is -0.474. The van der Waals surface area contributed by atoms with Gasteiger partial charge < -0.3 is 5.32 Å². The third-order valence-corrected chi connectivity index (χ3v) is 3.45. The van der Waals surface area contributed by atoms with Crippen molar-refractivity contribution in [1.29, 1.82) is 0 Å². The van der Waals surface area contributed by atoms with Gasteiger partial charge in [-0.25, -0.2) is 0 Å². The van der Waals surface area contributed by atoms with E-state index in [9.17, 15) is 9.70 Å². The number of hydrogen-bond acceptors (Lipinski definition) is 3. The second-order valence-corrected chi connectivity index (χ2v) is 6.19. The van der Waals surface area contributed by atoms with E-state index in [1.165, 1.54) is 0 Å². The van der Waals surface area contributed by atoms with Crippen molar-refractivity contribution in [1.82, 2.24) is 5.32 Å². The Morgan fingerprint density at radius 2 is 1.94 bits per heavy atom. The van der Waals surface area contributed by atoms with Crippen LogP contribution >= 0.6 is 0 Å². The average Bonchev–Trinajstić information content (AvgIpc) is 2.27. The average molecular weight is 240 g/mol. The van der Waals surface area contributed by atoms with E-state index in [0.717, 1.165) is 38.6 Å². The second-order valence-electron chi connectivity index (χ2n) is 6.19. The van der Waals surface area contributed by atoms with Gasteiger partial charge in [0.25, 0.3) is 5.91 Å². The van der Waals surface area contributed by atoms with Crippen LogP contribution in [0, 0.1) is 16.2 Å². The summed E-state index contributed by atoms with van der Waals surface area (Å²) in [5, 5.41) is 6.01. The third kappa shape index (κ3) is 4.94. The third-order valence-electron chi connectivity index (χ3n) is 3.45. The van der Waals surface area contributed by atoms with Crippen molar-refractivity contribution in [2.24, 2.45) is 16.5 Å². The van der Waals surface area contributed by atoms with Crippen LogP contribution in [0.5, 0.6) is 0 Å². The first-order chi connectivity index (χ1) is 7.94. The van der Waals surface area contributed by atoms with E-state index in [0.29, 0.717) is 5.41 Å². The molecule has 0 saturated heterocycles. The molecule has 1 saturated carbocycles. The quantitative estimate of drug-likeness (QED) is 0.769. The highest BCUT2D eigenvalue weighted by atomic mass is 16.3. The van der Waals surface area contributed by atoms with Gasteiger partial charge in [0, 0.05) is 11.2 Å². The maximum Gasteiger partial charge on any atom is 0.290 e. The topological polar surface area (TPSA) is 58.5 Å². The van der Waals surface area contributed by atoms with Crippen LogP contribution in [0.4, 0.5) is 0 Å². The smallest absolute Gasteiger partial charge is 0.290 e. The Morgan fingerprint density at radius 1 is 1.29 bits per heavy atom. The van der Waals surface area contributed by atoms with Crippen molar-refractivity contribution in [3.05, 3.63) is 4.91 Å². The summed E-state index contributed by atoms with van der Waals surface area (Å²) in [7, 11) is 0. The summed E-state index contributed by atoms with van der Waals surface area (Å²) in [5.74, 6) is -0.667. The van der Waals surface area contributed by atoms with Crippen LogP contribution in [-0.4, -0.2) is 18.5 Å². The summed E-state index contributed by atoms with van der Waals surface area (Å²) in [6.07, 6.45) is 5.02. The lowest BCUT2D eigenvalue weighted by molar-refractivity contribution is -0.123. The first-order valence-corrected chi connectivity index (χ1v) is 6.54. The standard InChI is InChI=1S/C13H24N2O2/c1-13(2,3)8-9-14-11-7-5-4-6-10(11)12(16)15-17/h10-11,14H,4-9H2,1-3H3. The number of rotatable bonds is 4. The summed E-state index contributed by atoms with van der Waals surface area (Å²) in [6.45, 7) is 7.50. The fourth-order valence-electron chi connectivity index (χ4n) is 2.37. The van der Waals surface area contributed by atoms with Crippen molar-refractivity contribution in [2.75, 3.05) is 6.54 Å². The Kier molecular flexibility index (Phi) is 5.25. The molecule has 4 nitrogen and oxygen atoms in total. The zero-order valence-electron chi connectivity index (χ0n) is 11.2. The fraction of sp³-hybridized carbons (Fsp3) is 0.923. The summed E-state index contributed by atoms with van der Waals surface area (Å²) in [6, 6.07) is 0.149. The minimum Gasteiger partial charge on any atom is -0.313 e. The normalized spacial score (nSPS) is 25.6. The van der Waals surface area contributed by atoms with Gasteiger partial charge in [0.1, 0.15) is 0 Å². The molecule has 0 spiro atoms. The minimum absolute atomic E-state index is 0.149. The highest BCUT2D eigenvalue weighted by molar-refractivity contribution is 5.80. The number of nitrogens with one attached hydrogen (secondary N) is 1. The molecule has 98 valence electrons. The van der Waals surface area contributed by atoms with Crippen LogP contribution < -0.4 is 5.32 Å². The molecule has 1 aliphatic carbocycles. The largest absolute Gasteiger partial charge is 0.313 e. The molecular weight excluding hydrogens is 216 g/mol. The van der Waals surface area contributed by atoms with E-state index in [-0.39, 0.29) is 12.0 Å². The van der Waals surface area contributed by atoms with E-state index in [1.54, 1.807) is 0 Å². The molecule has 0 aliphatic heterocycles. The number of hydrogen-bond donors (Lipinski definition) is 1. The van der Waals surface area contributed by atoms with E-state index in [1.807, 2.05) is 0 Å². The molecule has 17 heavy (non-hydrogen) atoms. The van der Waals surface area contributed by atoms with Gasteiger partial charge >= 0.3 is 0 Å². The number of nitroso groups, excluding NO2 is 1. The molecule has 0 radical (unpaired) electrons. The molecule has 0 aromatic rings. The predicted octanol–water partition coefficient (Wildman–Crippen LogP) is 2.86. The van der Waals surface area contributed by atoms with Crippen LogP contribution in [0.25, 0.3) is 0 Å². The Balaban J connectivity index is 2.43. The van der Waals surface area contributed by atoms with Gasteiger partial charge in [-0.3, -0.25) is 4.79 Å². The summed E-state index contributed by atoms with van der Waals surface area (Å²) >= 11 is 0. The van der Waals surface area contributed by atoms with Crippen LogP contribution in [0.15, 0.2) is 5.18 Å². The van der Waals surface area contributed by atoms with Crippen molar-refractivity contribution in [3.63, 3.8) is 0 Å². The summed E-state index contributed by atoms with van der Waals surface area (Å²) in [5.41, 5.74) is 0.296. The Hall–Kier alpha value is -0.770. The number of amides is 1. The predicted molar refractivity (Wildman–Crippen MR) is 68.6 cm³/mol. The SMILES string of the molecule is CC(C)(C)CCNC1CCCCC1C(=O)N=O. The van der Waals surface area contributed by atoms with E-state index in [4.69, 9.17) is 0 Å². The van der Waals surface area contributed by atoms with Crippen molar-refractivity contribution >= 4 is 5.91 Å². The molecule has 1 amide bonds. The van der Waals surface area contributed by atoms with Crippen molar-refractivity contribution in [3.8, 4) is 0 Å². The van der Waals surface area contributed by atoms with Crippen LogP contribution in [0.3, 0.4) is 0 Å². The lowest BCUT2D eigenvalue weighted by atomic mass is 9.83. The zero-order chi connectivity index (χ0) is 12.9. The molecule has 0 bridgehead atoms. The lowest BCUT2D eigenvalue weighted by Crippen LogP contribution is -2.42. The molecule has 1 fully saturated rings. The van der Waals surface area contributed by atoms with Crippen LogP contribution in [0.2, 0.25) is 0 Å². The number of carbonyl (C=O) groups is 1. The van der Waals surface area contributed by atoms with Crippen molar-refractivity contribution in [2.45, 2.75) is 58.9 Å².